The Kier molecular flexibility index (Phi) is 2.98. The van der Waals surface area contributed by atoms with Gasteiger partial charge < -0.3 is 5.11 Å². The van der Waals surface area contributed by atoms with Crippen LogP contribution in [0.1, 0.15) is 12.0 Å². The first-order chi connectivity index (χ1) is 6.22. The van der Waals surface area contributed by atoms with Crippen LogP contribution in [0.4, 0.5) is 0 Å². The van der Waals surface area contributed by atoms with Gasteiger partial charge in [0.1, 0.15) is 6.42 Å². The minimum atomic E-state index is -0.822. The molecule has 0 aromatic carbocycles. The molecule has 0 aliphatic heterocycles. The first-order valence-electron chi connectivity index (χ1n) is 3.83. The lowest BCUT2D eigenvalue weighted by molar-refractivity contribution is -0.696. The Hall–Kier alpha value is -1.89. The minimum Gasteiger partial charge on any atom is -0.481 e. The summed E-state index contributed by atoms with van der Waals surface area (Å²) in [5.41, 5.74) is 0.576. The zero-order valence-electron chi connectivity index (χ0n) is 6.97. The molecule has 0 amide bonds. The number of aliphatic carboxylic acids is 1. The van der Waals surface area contributed by atoms with Crippen molar-refractivity contribution in [2.24, 2.45) is 0 Å². The van der Waals surface area contributed by atoms with Crippen molar-refractivity contribution >= 4 is 5.97 Å². The summed E-state index contributed by atoms with van der Waals surface area (Å²) in [6, 6.07) is 5.30. The Bertz CT molecular complexity index is 338. The fourth-order valence-electron chi connectivity index (χ4n) is 0.906. The van der Waals surface area contributed by atoms with Gasteiger partial charge in [-0.1, -0.05) is 0 Å². The highest BCUT2D eigenvalue weighted by Crippen LogP contribution is 1.91. The number of carbonyl (C=O) groups is 1. The van der Waals surface area contributed by atoms with Crippen molar-refractivity contribution < 1.29 is 14.5 Å². The third-order valence-electron chi connectivity index (χ3n) is 1.60. The first-order valence-corrected chi connectivity index (χ1v) is 3.83. The van der Waals surface area contributed by atoms with Gasteiger partial charge in [-0.05, 0) is 0 Å². The van der Waals surface area contributed by atoms with Crippen LogP contribution >= 0.6 is 0 Å². The van der Waals surface area contributed by atoms with Crippen LogP contribution in [-0.2, 0) is 11.3 Å². The number of hydrogen-bond donors (Lipinski definition) is 1. The Morgan fingerprint density at radius 1 is 1.54 bits per heavy atom. The number of nitriles is 1. The van der Waals surface area contributed by atoms with Crippen LogP contribution in [0.2, 0.25) is 0 Å². The monoisotopic (exact) mass is 177 g/mol. The molecular formula is C9H9N2O2+. The molecule has 0 saturated heterocycles. The van der Waals surface area contributed by atoms with Crippen molar-refractivity contribution in [2.45, 2.75) is 13.0 Å². The van der Waals surface area contributed by atoms with E-state index in [1.165, 1.54) is 0 Å². The predicted molar refractivity (Wildman–Crippen MR) is 43.6 cm³/mol. The van der Waals surface area contributed by atoms with Crippen molar-refractivity contribution in [3.63, 3.8) is 0 Å². The van der Waals surface area contributed by atoms with E-state index in [9.17, 15) is 4.79 Å². The molecule has 0 bridgehead atoms. The van der Waals surface area contributed by atoms with Gasteiger partial charge in [-0.3, -0.25) is 4.79 Å². The lowest BCUT2D eigenvalue weighted by Crippen LogP contribution is -2.33. The molecule has 0 aliphatic rings. The average molecular weight is 177 g/mol. The highest BCUT2D eigenvalue weighted by atomic mass is 16.4. The van der Waals surface area contributed by atoms with Crippen molar-refractivity contribution in [1.82, 2.24) is 0 Å². The predicted octanol–water partition coefficient (Wildman–Crippen LogP) is 0.320. The summed E-state index contributed by atoms with van der Waals surface area (Å²) in [7, 11) is 0. The second-order valence-electron chi connectivity index (χ2n) is 2.58. The molecule has 0 saturated carbocycles. The number of hydrogen-bond acceptors (Lipinski definition) is 2. The second kappa shape index (κ2) is 4.21. The fourth-order valence-corrected chi connectivity index (χ4v) is 0.906. The minimum absolute atomic E-state index is 0.0938. The number of pyridine rings is 1. The molecule has 0 radical (unpaired) electrons. The van der Waals surface area contributed by atoms with Gasteiger partial charge in [-0.2, -0.15) is 5.26 Å². The molecule has 0 spiro atoms. The number of nitrogens with zero attached hydrogens (tertiary/aromatic N) is 2. The van der Waals surface area contributed by atoms with E-state index in [4.69, 9.17) is 10.4 Å². The molecule has 0 atom stereocenters. The third-order valence-corrected chi connectivity index (χ3v) is 1.60. The second-order valence-corrected chi connectivity index (χ2v) is 2.58. The molecule has 66 valence electrons. The van der Waals surface area contributed by atoms with Crippen LogP contribution in [0.5, 0.6) is 0 Å². The Labute approximate surface area is 75.7 Å². The smallest absolute Gasteiger partial charge is 0.309 e. The van der Waals surface area contributed by atoms with E-state index >= 15 is 0 Å². The zero-order valence-corrected chi connectivity index (χ0v) is 6.97. The molecule has 4 heteroatoms. The van der Waals surface area contributed by atoms with Gasteiger partial charge >= 0.3 is 5.97 Å². The fraction of sp³-hybridized carbons (Fsp3) is 0.222. The van der Waals surface area contributed by atoms with Gasteiger partial charge in [0.25, 0.3) is 0 Å². The largest absolute Gasteiger partial charge is 0.481 e. The van der Waals surface area contributed by atoms with E-state index in [0.29, 0.717) is 12.1 Å². The van der Waals surface area contributed by atoms with Crippen LogP contribution in [0, 0.1) is 11.3 Å². The van der Waals surface area contributed by atoms with Crippen LogP contribution in [-0.4, -0.2) is 11.1 Å². The maximum atomic E-state index is 10.2. The van der Waals surface area contributed by atoms with Crippen LogP contribution in [0.25, 0.3) is 0 Å². The van der Waals surface area contributed by atoms with Gasteiger partial charge in [-0.15, -0.1) is 0 Å². The maximum Gasteiger partial charge on any atom is 0.309 e. The molecular weight excluding hydrogens is 168 g/mol. The van der Waals surface area contributed by atoms with Gasteiger partial charge in [-0.25, -0.2) is 4.57 Å². The lowest BCUT2D eigenvalue weighted by Gasteiger charge is -1.92. The molecule has 13 heavy (non-hydrogen) atoms. The molecule has 1 aromatic rings. The Morgan fingerprint density at radius 3 is 2.62 bits per heavy atom. The summed E-state index contributed by atoms with van der Waals surface area (Å²) >= 11 is 0. The quantitative estimate of drug-likeness (QED) is 0.676. The standard InChI is InChI=1S/C9H8N2O2/c10-7-8-1-4-11(5-2-8)6-3-9(12)13/h1-2,4-5H,3,6H2/p+1. The number of carboxylic acid groups (broad SMARTS) is 1. The number of aryl methyl sites for hydroxylation is 1. The SMILES string of the molecule is N#Cc1cc[n+](CCC(=O)O)cc1. The van der Waals surface area contributed by atoms with Crippen LogP contribution < -0.4 is 4.57 Å². The summed E-state index contributed by atoms with van der Waals surface area (Å²) in [4.78, 5) is 10.2. The molecule has 0 fully saturated rings. The summed E-state index contributed by atoms with van der Waals surface area (Å²) in [6.45, 7) is 0.432. The molecule has 1 rings (SSSR count). The van der Waals surface area contributed by atoms with Crippen LogP contribution in [0.3, 0.4) is 0 Å². The zero-order chi connectivity index (χ0) is 9.68. The number of aromatic nitrogens is 1. The Balaban J connectivity index is 2.60. The van der Waals surface area contributed by atoms with Gasteiger partial charge in [0.15, 0.2) is 18.9 Å². The summed E-state index contributed by atoms with van der Waals surface area (Å²) in [5, 5.41) is 16.9. The molecule has 1 aromatic heterocycles. The highest BCUT2D eigenvalue weighted by Gasteiger charge is 2.03. The normalized spacial score (nSPS) is 9.15. The van der Waals surface area contributed by atoms with E-state index in [-0.39, 0.29) is 6.42 Å². The van der Waals surface area contributed by atoms with E-state index in [1.54, 1.807) is 29.1 Å². The number of carboxylic acids is 1. The molecule has 0 aliphatic carbocycles. The molecule has 4 nitrogen and oxygen atoms in total. The molecule has 1 N–H and O–H groups in total. The van der Waals surface area contributed by atoms with Crippen molar-refractivity contribution in [3.05, 3.63) is 30.1 Å². The summed E-state index contributed by atoms with van der Waals surface area (Å²) < 4.78 is 1.73. The highest BCUT2D eigenvalue weighted by molar-refractivity contribution is 5.66. The topological polar surface area (TPSA) is 65.0 Å². The third kappa shape index (κ3) is 2.91. The van der Waals surface area contributed by atoms with Crippen molar-refractivity contribution in [2.75, 3.05) is 0 Å². The van der Waals surface area contributed by atoms with E-state index in [1.807, 2.05) is 6.07 Å². The average Bonchev–Trinajstić information content (AvgIpc) is 2.15. The van der Waals surface area contributed by atoms with Gasteiger partial charge in [0, 0.05) is 12.1 Å². The summed E-state index contributed by atoms with van der Waals surface area (Å²) in [6.07, 6.45) is 3.49. The van der Waals surface area contributed by atoms with E-state index in [2.05, 4.69) is 0 Å². The molecule has 1 heterocycles. The molecule has 0 unspecified atom stereocenters. The van der Waals surface area contributed by atoms with Crippen molar-refractivity contribution in [3.8, 4) is 6.07 Å². The van der Waals surface area contributed by atoms with E-state index in [0.717, 1.165) is 0 Å². The Morgan fingerprint density at radius 2 is 2.15 bits per heavy atom. The first kappa shape index (κ1) is 9.20. The lowest BCUT2D eigenvalue weighted by atomic mass is 10.3. The number of rotatable bonds is 3. The maximum absolute atomic E-state index is 10.2. The van der Waals surface area contributed by atoms with Gasteiger partial charge in [0.05, 0.1) is 11.6 Å². The summed E-state index contributed by atoms with van der Waals surface area (Å²) in [5.74, 6) is -0.822. The van der Waals surface area contributed by atoms with E-state index < -0.39 is 5.97 Å². The van der Waals surface area contributed by atoms with Gasteiger partial charge in [0.2, 0.25) is 0 Å². The van der Waals surface area contributed by atoms with Crippen LogP contribution in [0.15, 0.2) is 24.5 Å². The van der Waals surface area contributed by atoms with Crippen molar-refractivity contribution in [1.29, 1.82) is 5.26 Å².